The van der Waals surface area contributed by atoms with Gasteiger partial charge in [-0.15, -0.1) is 0 Å². The number of nitrogens with zero attached hydrogens (tertiary/aromatic N) is 2. The van der Waals surface area contributed by atoms with Crippen molar-refractivity contribution in [3.63, 3.8) is 0 Å². The Hall–Kier alpha value is -2.63. The molecule has 1 atom stereocenters. The standard InChI is InChI=1S/C21H24FN3O2/c1-14-7-9-16(10-8-14)23-21(27)20-18-6-3-11-24(18)13-19(26)25(20)17-5-2-4-15(22)12-17/h2-6,11-12,14,16,20H,7-10,13H2,1H3,(H,23,27)/t14?,16?,20-/m0/s1. The number of halogens is 1. The molecule has 2 heterocycles. The van der Waals surface area contributed by atoms with Crippen LogP contribution in [0.1, 0.15) is 44.3 Å². The van der Waals surface area contributed by atoms with E-state index in [0.29, 0.717) is 11.6 Å². The Morgan fingerprint density at radius 3 is 2.67 bits per heavy atom. The molecule has 1 saturated carbocycles. The summed E-state index contributed by atoms with van der Waals surface area (Å²) in [4.78, 5) is 27.5. The summed E-state index contributed by atoms with van der Waals surface area (Å²) in [7, 11) is 0. The second kappa shape index (κ2) is 7.18. The number of hydrogen-bond acceptors (Lipinski definition) is 2. The highest BCUT2D eigenvalue weighted by Gasteiger charge is 2.39. The molecule has 27 heavy (non-hydrogen) atoms. The first kappa shape index (κ1) is 17.8. The Kier molecular flexibility index (Phi) is 4.72. The van der Waals surface area contributed by atoms with Crippen LogP contribution in [0.5, 0.6) is 0 Å². The van der Waals surface area contributed by atoms with E-state index in [1.165, 1.54) is 17.0 Å². The third-order valence-corrected chi connectivity index (χ3v) is 5.67. The molecule has 2 amide bonds. The molecule has 5 nitrogen and oxygen atoms in total. The fourth-order valence-corrected chi connectivity index (χ4v) is 4.17. The first-order chi connectivity index (χ1) is 13.0. The zero-order chi connectivity index (χ0) is 19.0. The maximum atomic E-state index is 13.8. The Morgan fingerprint density at radius 1 is 1.15 bits per heavy atom. The van der Waals surface area contributed by atoms with Gasteiger partial charge >= 0.3 is 0 Å². The van der Waals surface area contributed by atoms with Crippen LogP contribution in [0.4, 0.5) is 10.1 Å². The number of anilines is 1. The van der Waals surface area contributed by atoms with Crippen LogP contribution in [0.3, 0.4) is 0 Å². The summed E-state index contributed by atoms with van der Waals surface area (Å²) in [5.41, 5.74) is 1.16. The average molecular weight is 369 g/mol. The summed E-state index contributed by atoms with van der Waals surface area (Å²) in [5, 5.41) is 3.13. The fourth-order valence-electron chi connectivity index (χ4n) is 4.17. The highest BCUT2D eigenvalue weighted by atomic mass is 19.1. The number of nitrogens with one attached hydrogen (secondary N) is 1. The summed E-state index contributed by atoms with van der Waals surface area (Å²) < 4.78 is 15.6. The SMILES string of the molecule is CC1CCC(NC(=O)[C@@H]2c3cccn3CC(=O)N2c2cccc(F)c2)CC1. The van der Waals surface area contributed by atoms with Gasteiger partial charge in [0.1, 0.15) is 12.4 Å². The summed E-state index contributed by atoms with van der Waals surface area (Å²) in [6.07, 6.45) is 5.90. The van der Waals surface area contributed by atoms with Gasteiger partial charge in [0.05, 0.1) is 5.69 Å². The maximum absolute atomic E-state index is 13.8. The molecule has 0 saturated heterocycles. The number of carbonyl (C=O) groups excluding carboxylic acids is 2. The van der Waals surface area contributed by atoms with Gasteiger partial charge in [0, 0.05) is 17.9 Å². The van der Waals surface area contributed by atoms with E-state index in [9.17, 15) is 14.0 Å². The van der Waals surface area contributed by atoms with Crippen LogP contribution in [0.15, 0.2) is 42.6 Å². The highest BCUT2D eigenvalue weighted by molar-refractivity contribution is 6.02. The second-order valence-corrected chi connectivity index (χ2v) is 7.67. The van der Waals surface area contributed by atoms with Crippen molar-refractivity contribution in [2.24, 2.45) is 5.92 Å². The quantitative estimate of drug-likeness (QED) is 0.901. The molecule has 0 bridgehead atoms. The smallest absolute Gasteiger partial charge is 0.249 e. The molecule has 6 heteroatoms. The van der Waals surface area contributed by atoms with Crippen LogP contribution in [-0.4, -0.2) is 22.4 Å². The minimum Gasteiger partial charge on any atom is -0.351 e. The van der Waals surface area contributed by atoms with Gasteiger partial charge < -0.3 is 9.88 Å². The summed E-state index contributed by atoms with van der Waals surface area (Å²) in [5.74, 6) is -0.161. The molecule has 0 spiro atoms. The van der Waals surface area contributed by atoms with Gasteiger partial charge in [0.15, 0.2) is 6.04 Å². The van der Waals surface area contributed by atoms with E-state index in [4.69, 9.17) is 0 Å². The largest absolute Gasteiger partial charge is 0.351 e. The predicted octanol–water partition coefficient (Wildman–Crippen LogP) is 3.41. The predicted molar refractivity (Wildman–Crippen MR) is 101 cm³/mol. The molecule has 1 aromatic carbocycles. The van der Waals surface area contributed by atoms with Crippen molar-refractivity contribution < 1.29 is 14.0 Å². The molecule has 4 rings (SSSR count). The molecule has 0 unspecified atom stereocenters. The molecule has 2 aromatic rings. The average Bonchev–Trinajstić information content (AvgIpc) is 3.10. The van der Waals surface area contributed by atoms with Gasteiger partial charge in [0.25, 0.3) is 0 Å². The van der Waals surface area contributed by atoms with Gasteiger partial charge in [-0.2, -0.15) is 0 Å². The second-order valence-electron chi connectivity index (χ2n) is 7.67. The molecule has 1 N–H and O–H groups in total. The minimum absolute atomic E-state index is 0.128. The number of fused-ring (bicyclic) bond motifs is 1. The van der Waals surface area contributed by atoms with Crippen molar-refractivity contribution in [2.75, 3.05) is 4.90 Å². The minimum atomic E-state index is -0.789. The third kappa shape index (κ3) is 3.48. The van der Waals surface area contributed by atoms with E-state index in [1.807, 2.05) is 12.1 Å². The van der Waals surface area contributed by atoms with Crippen LogP contribution in [-0.2, 0) is 16.1 Å². The first-order valence-electron chi connectivity index (χ1n) is 9.56. The molecule has 1 fully saturated rings. The van der Waals surface area contributed by atoms with E-state index in [-0.39, 0.29) is 24.4 Å². The van der Waals surface area contributed by atoms with E-state index in [2.05, 4.69) is 12.2 Å². The molecule has 1 aromatic heterocycles. The van der Waals surface area contributed by atoms with E-state index in [1.54, 1.807) is 22.9 Å². The fraction of sp³-hybridized carbons (Fsp3) is 0.429. The van der Waals surface area contributed by atoms with Crippen molar-refractivity contribution >= 4 is 17.5 Å². The number of benzene rings is 1. The molecule has 142 valence electrons. The highest BCUT2D eigenvalue weighted by Crippen LogP contribution is 2.33. The van der Waals surface area contributed by atoms with Crippen LogP contribution in [0, 0.1) is 11.7 Å². The topological polar surface area (TPSA) is 54.3 Å². The maximum Gasteiger partial charge on any atom is 0.249 e. The Bertz CT molecular complexity index is 855. The van der Waals surface area contributed by atoms with Crippen molar-refractivity contribution in [3.05, 3.63) is 54.1 Å². The lowest BCUT2D eigenvalue weighted by molar-refractivity contribution is -0.128. The van der Waals surface area contributed by atoms with Crippen LogP contribution in [0.2, 0.25) is 0 Å². The van der Waals surface area contributed by atoms with Crippen molar-refractivity contribution in [1.82, 2.24) is 9.88 Å². The van der Waals surface area contributed by atoms with Crippen molar-refractivity contribution in [3.8, 4) is 0 Å². The van der Waals surface area contributed by atoms with Gasteiger partial charge in [-0.1, -0.05) is 13.0 Å². The normalized spacial score (nSPS) is 25.2. The summed E-state index contributed by atoms with van der Waals surface area (Å²) in [6, 6.07) is 8.89. The van der Waals surface area contributed by atoms with E-state index < -0.39 is 11.9 Å². The summed E-state index contributed by atoms with van der Waals surface area (Å²) in [6.45, 7) is 2.37. The van der Waals surface area contributed by atoms with Gasteiger partial charge in [-0.3, -0.25) is 14.5 Å². The van der Waals surface area contributed by atoms with Gasteiger partial charge in [0.2, 0.25) is 11.8 Å². The number of hydrogen-bond donors (Lipinski definition) is 1. The zero-order valence-electron chi connectivity index (χ0n) is 15.4. The van der Waals surface area contributed by atoms with Crippen molar-refractivity contribution in [2.45, 2.75) is 51.2 Å². The lowest BCUT2D eigenvalue weighted by Gasteiger charge is -2.37. The van der Waals surface area contributed by atoms with E-state index in [0.717, 1.165) is 31.4 Å². The lowest BCUT2D eigenvalue weighted by Crippen LogP contribution is -2.51. The Morgan fingerprint density at radius 2 is 1.93 bits per heavy atom. The van der Waals surface area contributed by atoms with Gasteiger partial charge in [-0.05, 0) is 61.9 Å². The molecule has 2 aliphatic rings. The number of aromatic nitrogens is 1. The van der Waals surface area contributed by atoms with E-state index >= 15 is 0 Å². The molecule has 1 aliphatic heterocycles. The number of amides is 2. The monoisotopic (exact) mass is 369 g/mol. The third-order valence-electron chi connectivity index (χ3n) is 5.67. The summed E-state index contributed by atoms with van der Waals surface area (Å²) >= 11 is 0. The molecule has 0 radical (unpaired) electrons. The van der Waals surface area contributed by atoms with Gasteiger partial charge in [-0.25, -0.2) is 4.39 Å². The first-order valence-corrected chi connectivity index (χ1v) is 9.56. The Balaban J connectivity index is 1.65. The van der Waals surface area contributed by atoms with Crippen molar-refractivity contribution in [1.29, 1.82) is 0 Å². The molecule has 1 aliphatic carbocycles. The zero-order valence-corrected chi connectivity index (χ0v) is 15.4. The lowest BCUT2D eigenvalue weighted by atomic mass is 9.87. The van der Waals surface area contributed by atoms with Crippen LogP contribution < -0.4 is 10.2 Å². The number of carbonyl (C=O) groups is 2. The molecular weight excluding hydrogens is 345 g/mol. The number of rotatable bonds is 3. The van der Waals surface area contributed by atoms with Crippen LogP contribution in [0.25, 0.3) is 0 Å². The molecular formula is C21H24FN3O2. The van der Waals surface area contributed by atoms with Crippen LogP contribution >= 0.6 is 0 Å². The Labute approximate surface area is 158 Å².